The number of nitrogens with zero attached hydrogens (tertiary/aromatic N) is 4. The summed E-state index contributed by atoms with van der Waals surface area (Å²) >= 11 is 0. The quantitative estimate of drug-likeness (QED) is 0.554. The molecule has 4 aromatic heterocycles. The lowest BCUT2D eigenvalue weighted by molar-refractivity contribution is 1.25. The van der Waals surface area contributed by atoms with Crippen molar-refractivity contribution in [3.63, 3.8) is 0 Å². The van der Waals surface area contributed by atoms with E-state index in [4.69, 9.17) is 0 Å². The Morgan fingerprint density at radius 3 is 1.17 bits per heavy atom. The maximum Gasteiger partial charge on any atom is 0.0886 e. The molecule has 0 atom stereocenters. The zero-order valence-electron chi connectivity index (χ0n) is 13.0. The first-order valence-electron chi connectivity index (χ1n) is 7.56. The number of hydrogen-bond donors (Lipinski definition) is 0. The highest BCUT2D eigenvalue weighted by molar-refractivity contribution is 5.61. The van der Waals surface area contributed by atoms with Crippen molar-refractivity contribution in [2.45, 2.75) is 0 Å². The zero-order valence-corrected chi connectivity index (χ0v) is 13.0. The molecule has 0 spiro atoms. The van der Waals surface area contributed by atoms with Crippen molar-refractivity contribution in [2.75, 3.05) is 0 Å². The molecule has 4 heterocycles. The highest BCUT2D eigenvalue weighted by Crippen LogP contribution is 2.15. The summed E-state index contributed by atoms with van der Waals surface area (Å²) in [5.41, 5.74) is 4.18. The zero-order chi connectivity index (χ0) is 16.5. The average Bonchev–Trinajstić information content (AvgIpc) is 2.71. The lowest BCUT2D eigenvalue weighted by Gasteiger charge is -1.97. The van der Waals surface area contributed by atoms with E-state index in [9.17, 15) is 0 Å². The summed E-state index contributed by atoms with van der Waals surface area (Å²) in [6, 6.07) is 19.5. The molecule has 0 aliphatic heterocycles. The van der Waals surface area contributed by atoms with Crippen molar-refractivity contribution < 1.29 is 0 Å². The van der Waals surface area contributed by atoms with Crippen LogP contribution in [0.1, 0.15) is 0 Å². The summed E-state index contributed by atoms with van der Waals surface area (Å²) in [6.07, 6.45) is 10.7. The maximum atomic E-state index is 4.19. The highest BCUT2D eigenvalue weighted by atomic mass is 14.7. The molecule has 0 saturated heterocycles. The fourth-order valence-corrected chi connectivity index (χ4v) is 2.12. The number of hydrogen-bond acceptors (Lipinski definition) is 4. The van der Waals surface area contributed by atoms with Gasteiger partial charge in [0.05, 0.1) is 11.4 Å². The molecule has 4 aromatic rings. The summed E-state index contributed by atoms with van der Waals surface area (Å²) in [7, 11) is 0. The first kappa shape index (κ1) is 15.5. The fraction of sp³-hybridized carbons (Fsp3) is 0. The van der Waals surface area contributed by atoms with Crippen molar-refractivity contribution >= 4 is 0 Å². The molecule has 0 saturated carbocycles. The minimum absolute atomic E-state index is 0.915. The Hall–Kier alpha value is -3.40. The van der Waals surface area contributed by atoms with Gasteiger partial charge in [-0.05, 0) is 59.7 Å². The number of aromatic nitrogens is 4. The Bertz CT molecular complexity index is 685. The van der Waals surface area contributed by atoms with Gasteiger partial charge in [-0.1, -0.05) is 12.1 Å². The third-order valence-corrected chi connectivity index (χ3v) is 3.29. The minimum atomic E-state index is 0.915. The molecule has 116 valence electrons. The van der Waals surface area contributed by atoms with Crippen LogP contribution in [0.5, 0.6) is 0 Å². The first-order valence-corrected chi connectivity index (χ1v) is 7.56. The molecule has 0 amide bonds. The normalized spacial score (nSPS) is 9.67. The van der Waals surface area contributed by atoms with Crippen molar-refractivity contribution in [1.29, 1.82) is 0 Å². The minimum Gasteiger partial charge on any atom is -0.265 e. The highest BCUT2D eigenvalue weighted by Gasteiger charge is 1.95. The van der Waals surface area contributed by atoms with Crippen molar-refractivity contribution in [3.8, 4) is 22.5 Å². The Morgan fingerprint density at radius 1 is 0.417 bits per heavy atom. The van der Waals surface area contributed by atoms with Gasteiger partial charge in [-0.3, -0.25) is 19.9 Å². The van der Waals surface area contributed by atoms with E-state index in [0.29, 0.717) is 0 Å². The fourth-order valence-electron chi connectivity index (χ4n) is 2.12. The molecule has 24 heavy (non-hydrogen) atoms. The van der Waals surface area contributed by atoms with Crippen LogP contribution in [-0.2, 0) is 0 Å². The van der Waals surface area contributed by atoms with Crippen LogP contribution in [-0.4, -0.2) is 19.9 Å². The average molecular weight is 312 g/mol. The van der Waals surface area contributed by atoms with Crippen molar-refractivity contribution in [2.24, 2.45) is 0 Å². The van der Waals surface area contributed by atoms with Crippen molar-refractivity contribution in [1.82, 2.24) is 19.9 Å². The standard InChI is InChI=1S/2C10H8N2/c1-5-11-6-2-9(1)10-3-7-12-8-4-10;1-3-7-11-9(5-1)10-6-2-4-8-12-10/h2*1-8H. The second-order valence-electron chi connectivity index (χ2n) is 4.90. The van der Waals surface area contributed by atoms with Gasteiger partial charge >= 0.3 is 0 Å². The molecule has 0 N–H and O–H groups in total. The second-order valence-corrected chi connectivity index (χ2v) is 4.90. The van der Waals surface area contributed by atoms with E-state index in [1.54, 1.807) is 37.2 Å². The van der Waals surface area contributed by atoms with E-state index in [0.717, 1.165) is 11.4 Å². The van der Waals surface area contributed by atoms with Gasteiger partial charge in [0, 0.05) is 37.2 Å². The van der Waals surface area contributed by atoms with Gasteiger partial charge in [-0.25, -0.2) is 0 Å². The van der Waals surface area contributed by atoms with Crippen LogP contribution < -0.4 is 0 Å². The first-order chi connectivity index (χ1) is 11.9. The van der Waals surface area contributed by atoms with E-state index in [-0.39, 0.29) is 0 Å². The van der Waals surface area contributed by atoms with Crippen LogP contribution in [0, 0.1) is 0 Å². The smallest absolute Gasteiger partial charge is 0.0886 e. The number of pyridine rings is 4. The predicted octanol–water partition coefficient (Wildman–Crippen LogP) is 4.29. The topological polar surface area (TPSA) is 51.6 Å². The maximum absolute atomic E-state index is 4.19. The summed E-state index contributed by atoms with van der Waals surface area (Å²) in [5, 5.41) is 0. The Morgan fingerprint density at radius 2 is 0.833 bits per heavy atom. The van der Waals surface area contributed by atoms with Gasteiger partial charge in [-0.15, -0.1) is 0 Å². The molecule has 4 heteroatoms. The molecular formula is C20H16N4. The number of rotatable bonds is 2. The lowest BCUT2D eigenvalue weighted by Crippen LogP contribution is -1.83. The lowest BCUT2D eigenvalue weighted by atomic mass is 10.1. The molecular weight excluding hydrogens is 296 g/mol. The van der Waals surface area contributed by atoms with Gasteiger partial charge in [0.15, 0.2) is 0 Å². The Balaban J connectivity index is 0.000000141. The Labute approximate surface area is 140 Å². The molecule has 0 aliphatic rings. The molecule has 0 bridgehead atoms. The molecule has 0 aliphatic carbocycles. The van der Waals surface area contributed by atoms with Crippen LogP contribution in [0.15, 0.2) is 97.8 Å². The third kappa shape index (κ3) is 4.30. The molecule has 0 radical (unpaired) electrons. The monoisotopic (exact) mass is 312 g/mol. The van der Waals surface area contributed by atoms with E-state index >= 15 is 0 Å². The largest absolute Gasteiger partial charge is 0.265 e. The summed E-state index contributed by atoms with van der Waals surface area (Å²) in [6.45, 7) is 0. The van der Waals surface area contributed by atoms with E-state index in [1.807, 2.05) is 60.7 Å². The molecule has 4 nitrogen and oxygen atoms in total. The van der Waals surface area contributed by atoms with E-state index < -0.39 is 0 Å². The Kier molecular flexibility index (Phi) is 5.35. The molecule has 0 fully saturated rings. The second kappa shape index (κ2) is 8.29. The van der Waals surface area contributed by atoms with Crippen LogP contribution in [0.25, 0.3) is 22.5 Å². The SMILES string of the molecule is c1cc(-c2ccncc2)ccn1.c1ccc(-c2ccccn2)nc1. The summed E-state index contributed by atoms with van der Waals surface area (Å²) < 4.78 is 0. The van der Waals surface area contributed by atoms with E-state index in [2.05, 4.69) is 19.9 Å². The third-order valence-electron chi connectivity index (χ3n) is 3.29. The van der Waals surface area contributed by atoms with Gasteiger partial charge in [0.2, 0.25) is 0 Å². The van der Waals surface area contributed by atoms with Gasteiger partial charge in [0.25, 0.3) is 0 Å². The predicted molar refractivity (Wildman–Crippen MR) is 94.9 cm³/mol. The molecule has 0 unspecified atom stereocenters. The molecule has 0 aromatic carbocycles. The molecule has 4 rings (SSSR count). The van der Waals surface area contributed by atoms with Crippen LogP contribution in [0.4, 0.5) is 0 Å². The van der Waals surface area contributed by atoms with Gasteiger partial charge in [-0.2, -0.15) is 0 Å². The van der Waals surface area contributed by atoms with Crippen molar-refractivity contribution in [3.05, 3.63) is 97.8 Å². The van der Waals surface area contributed by atoms with Gasteiger partial charge in [0.1, 0.15) is 0 Å². The van der Waals surface area contributed by atoms with Crippen LogP contribution in [0.3, 0.4) is 0 Å². The summed E-state index contributed by atoms with van der Waals surface area (Å²) in [5.74, 6) is 0. The van der Waals surface area contributed by atoms with Gasteiger partial charge < -0.3 is 0 Å². The summed E-state index contributed by atoms with van der Waals surface area (Å²) in [4.78, 5) is 16.3. The van der Waals surface area contributed by atoms with E-state index in [1.165, 1.54) is 11.1 Å². The van der Waals surface area contributed by atoms with Crippen LogP contribution in [0.2, 0.25) is 0 Å². The van der Waals surface area contributed by atoms with Crippen LogP contribution >= 0.6 is 0 Å².